The van der Waals surface area contributed by atoms with E-state index in [4.69, 9.17) is 5.11 Å². The number of thioether (sulfide) groups is 1. The summed E-state index contributed by atoms with van der Waals surface area (Å²) in [7, 11) is 0. The Kier molecular flexibility index (Phi) is 7.95. The van der Waals surface area contributed by atoms with Crippen LogP contribution in [0.5, 0.6) is 0 Å². The monoisotopic (exact) mass is 493 g/mol. The lowest BCUT2D eigenvalue weighted by atomic mass is 9.86. The summed E-state index contributed by atoms with van der Waals surface area (Å²) in [5.74, 6) is -5.59. The van der Waals surface area contributed by atoms with Crippen molar-refractivity contribution < 1.29 is 39.6 Å². The number of aliphatic hydroxyl groups is 1. The first-order chi connectivity index (χ1) is 16.0. The Morgan fingerprint density at radius 1 is 1.18 bits per heavy atom. The molecule has 0 aliphatic carbocycles. The van der Waals surface area contributed by atoms with E-state index in [0.717, 1.165) is 0 Å². The summed E-state index contributed by atoms with van der Waals surface area (Å²) in [5, 5.41) is 43.2. The number of aliphatic imine (C=N–C) groups is 1. The number of anilines is 1. The zero-order valence-corrected chi connectivity index (χ0v) is 19.4. The van der Waals surface area contributed by atoms with Crippen LogP contribution in [0.4, 0.5) is 5.69 Å². The molecule has 0 aromatic heterocycles. The average Bonchev–Trinajstić information content (AvgIpc) is 3.34. The molecule has 184 valence electrons. The highest BCUT2D eigenvalue weighted by molar-refractivity contribution is 8.01. The highest BCUT2D eigenvalue weighted by Gasteiger charge is 2.48. The van der Waals surface area contributed by atoms with Crippen LogP contribution in [0.15, 0.2) is 29.3 Å². The van der Waals surface area contributed by atoms with E-state index in [2.05, 4.69) is 15.6 Å². The van der Waals surface area contributed by atoms with E-state index >= 15 is 0 Å². The molecule has 2 heterocycles. The van der Waals surface area contributed by atoms with Gasteiger partial charge < -0.3 is 31.1 Å². The Labute approximate surface area is 199 Å². The van der Waals surface area contributed by atoms with Gasteiger partial charge in [0.15, 0.2) is 0 Å². The molecule has 6 N–H and O–H groups in total. The number of amides is 1. The standard InChI is InChI=1S/C22H27N3O8S/c1-9-16(15(10(2)26)21(30)31)25-17(22(32)33)18(9)34-13-7-14(23-8-13)19(27)24-12-5-3-4-11(6-12)20(28)29/h3-6,9-10,13-16,18,23,26H,7-8H2,1-2H3,(H,24,27)(H,28,29)(H,30,31)(H,32,33)/t9-,10-,13+,14+,15+,16?,18?/m1/s1. The minimum Gasteiger partial charge on any atom is -0.481 e. The van der Waals surface area contributed by atoms with Crippen molar-refractivity contribution in [1.29, 1.82) is 0 Å². The largest absolute Gasteiger partial charge is 0.481 e. The number of nitrogens with zero attached hydrogens (tertiary/aromatic N) is 1. The number of aliphatic hydroxyl groups excluding tert-OH is 1. The van der Waals surface area contributed by atoms with Gasteiger partial charge >= 0.3 is 17.9 Å². The number of carboxylic acid groups (broad SMARTS) is 3. The topological polar surface area (TPSA) is 186 Å². The molecule has 1 fully saturated rings. The molecule has 1 amide bonds. The zero-order chi connectivity index (χ0) is 25.2. The van der Waals surface area contributed by atoms with Crippen LogP contribution in [-0.4, -0.2) is 85.2 Å². The second kappa shape index (κ2) is 10.5. The molecule has 34 heavy (non-hydrogen) atoms. The van der Waals surface area contributed by atoms with Crippen LogP contribution in [0.1, 0.15) is 30.6 Å². The number of carbonyl (C=O) groups excluding carboxylic acids is 1. The predicted molar refractivity (Wildman–Crippen MR) is 124 cm³/mol. The van der Waals surface area contributed by atoms with E-state index in [1.54, 1.807) is 13.0 Å². The Hall–Kier alpha value is -2.96. The molecular formula is C22H27N3O8S. The van der Waals surface area contributed by atoms with Crippen LogP contribution >= 0.6 is 11.8 Å². The molecule has 1 aromatic rings. The molecule has 12 heteroatoms. The van der Waals surface area contributed by atoms with Crippen LogP contribution in [0.2, 0.25) is 0 Å². The fourth-order valence-electron chi connectivity index (χ4n) is 4.36. The number of aliphatic carboxylic acids is 2. The number of benzene rings is 1. The Bertz CT molecular complexity index is 1010. The molecule has 0 bridgehead atoms. The van der Waals surface area contributed by atoms with Gasteiger partial charge in [0.1, 0.15) is 11.6 Å². The third kappa shape index (κ3) is 5.57. The molecule has 2 aliphatic rings. The second-order valence-corrected chi connectivity index (χ2v) is 9.97. The summed E-state index contributed by atoms with van der Waals surface area (Å²) in [5.41, 5.74) is 0.272. The minimum atomic E-state index is -1.24. The quantitative estimate of drug-likeness (QED) is 0.287. The number of hydrogen-bond donors (Lipinski definition) is 6. The van der Waals surface area contributed by atoms with Gasteiger partial charge in [-0.15, -0.1) is 11.8 Å². The number of aromatic carboxylic acids is 1. The molecular weight excluding hydrogens is 466 g/mol. The summed E-state index contributed by atoms with van der Waals surface area (Å²) in [6.45, 7) is 3.50. The van der Waals surface area contributed by atoms with Crippen molar-refractivity contribution in [3.8, 4) is 0 Å². The average molecular weight is 494 g/mol. The van der Waals surface area contributed by atoms with E-state index in [0.29, 0.717) is 18.7 Å². The summed E-state index contributed by atoms with van der Waals surface area (Å²) in [6.07, 6.45) is -0.803. The predicted octanol–water partition coefficient (Wildman–Crippen LogP) is 0.781. The SMILES string of the molecule is C[C@H]1C(S[C@@H]2CN[C@H](C(=O)Nc3cccc(C(=O)O)c3)C2)C(C(=O)O)=NC1[C@@H](C(=O)O)[C@@H](C)O. The minimum absolute atomic E-state index is 0.0488. The van der Waals surface area contributed by atoms with E-state index in [1.165, 1.54) is 36.9 Å². The molecule has 0 saturated carbocycles. The van der Waals surface area contributed by atoms with Crippen LogP contribution in [0, 0.1) is 11.8 Å². The number of hydrogen-bond acceptors (Lipinski definition) is 8. The van der Waals surface area contributed by atoms with Gasteiger partial charge in [-0.3, -0.25) is 14.6 Å². The fourth-order valence-corrected chi connectivity index (χ4v) is 5.97. The fraction of sp³-hybridized carbons (Fsp3) is 0.500. The maximum atomic E-state index is 12.7. The Balaban J connectivity index is 1.66. The van der Waals surface area contributed by atoms with Gasteiger partial charge in [0.2, 0.25) is 5.91 Å². The van der Waals surface area contributed by atoms with E-state index < -0.39 is 53.2 Å². The molecule has 1 saturated heterocycles. The summed E-state index contributed by atoms with van der Waals surface area (Å²) in [4.78, 5) is 51.4. The number of nitrogens with one attached hydrogen (secondary N) is 2. The van der Waals surface area contributed by atoms with Gasteiger partial charge in [-0.2, -0.15) is 0 Å². The van der Waals surface area contributed by atoms with Gasteiger partial charge in [-0.25, -0.2) is 9.59 Å². The summed E-state index contributed by atoms with van der Waals surface area (Å²) >= 11 is 1.33. The third-order valence-corrected chi connectivity index (χ3v) is 7.78. The smallest absolute Gasteiger partial charge is 0.350 e. The van der Waals surface area contributed by atoms with Gasteiger partial charge in [-0.1, -0.05) is 13.0 Å². The van der Waals surface area contributed by atoms with Crippen molar-refractivity contribution in [1.82, 2.24) is 5.32 Å². The maximum Gasteiger partial charge on any atom is 0.350 e. The highest BCUT2D eigenvalue weighted by Crippen LogP contribution is 2.39. The number of rotatable bonds is 9. The number of carboxylic acids is 3. The first kappa shape index (κ1) is 25.7. The zero-order valence-electron chi connectivity index (χ0n) is 18.5. The van der Waals surface area contributed by atoms with Gasteiger partial charge in [0, 0.05) is 17.5 Å². The second-order valence-electron chi connectivity index (χ2n) is 8.52. The van der Waals surface area contributed by atoms with Crippen molar-refractivity contribution >= 4 is 47.0 Å². The van der Waals surface area contributed by atoms with E-state index in [1.807, 2.05) is 0 Å². The molecule has 0 spiro atoms. The maximum absolute atomic E-state index is 12.7. The normalized spacial score (nSPS) is 28.1. The van der Waals surface area contributed by atoms with Gasteiger partial charge in [0.25, 0.3) is 0 Å². The van der Waals surface area contributed by atoms with Crippen molar-refractivity contribution in [2.75, 3.05) is 11.9 Å². The van der Waals surface area contributed by atoms with Crippen LogP contribution in [0.25, 0.3) is 0 Å². The lowest BCUT2D eigenvalue weighted by Gasteiger charge is -2.27. The van der Waals surface area contributed by atoms with Crippen LogP contribution in [0.3, 0.4) is 0 Å². The number of carbonyl (C=O) groups is 4. The van der Waals surface area contributed by atoms with Gasteiger partial charge in [0.05, 0.1) is 29.0 Å². The van der Waals surface area contributed by atoms with Crippen LogP contribution < -0.4 is 10.6 Å². The Morgan fingerprint density at radius 3 is 2.47 bits per heavy atom. The van der Waals surface area contributed by atoms with Crippen molar-refractivity contribution in [3.63, 3.8) is 0 Å². The van der Waals surface area contributed by atoms with Crippen LogP contribution in [-0.2, 0) is 14.4 Å². The molecule has 11 nitrogen and oxygen atoms in total. The first-order valence-corrected chi connectivity index (χ1v) is 11.7. The molecule has 1 aromatic carbocycles. The van der Waals surface area contributed by atoms with E-state index in [9.17, 15) is 34.5 Å². The lowest BCUT2D eigenvalue weighted by Crippen LogP contribution is -2.40. The molecule has 3 rings (SSSR count). The Morgan fingerprint density at radius 2 is 1.88 bits per heavy atom. The molecule has 0 radical (unpaired) electrons. The third-order valence-electron chi connectivity index (χ3n) is 6.09. The van der Waals surface area contributed by atoms with Crippen molar-refractivity contribution in [2.24, 2.45) is 16.8 Å². The summed E-state index contributed by atoms with van der Waals surface area (Å²) in [6, 6.07) is 4.45. The summed E-state index contributed by atoms with van der Waals surface area (Å²) < 4.78 is 0. The highest BCUT2D eigenvalue weighted by atomic mass is 32.2. The molecule has 7 atom stereocenters. The van der Waals surface area contributed by atoms with Gasteiger partial charge in [-0.05, 0) is 37.5 Å². The molecule has 2 aliphatic heterocycles. The first-order valence-electron chi connectivity index (χ1n) is 10.7. The van der Waals surface area contributed by atoms with Crippen molar-refractivity contribution in [2.45, 2.75) is 49.0 Å². The van der Waals surface area contributed by atoms with E-state index in [-0.39, 0.29) is 22.4 Å². The lowest BCUT2D eigenvalue weighted by molar-refractivity contribution is -0.146. The van der Waals surface area contributed by atoms with Crippen molar-refractivity contribution in [3.05, 3.63) is 29.8 Å². The molecule has 2 unspecified atom stereocenters.